The summed E-state index contributed by atoms with van der Waals surface area (Å²) in [7, 11) is 1.48. The van der Waals surface area contributed by atoms with Crippen LogP contribution < -0.4 is 20.3 Å². The molecule has 7 nitrogen and oxygen atoms in total. The van der Waals surface area contributed by atoms with Gasteiger partial charge in [-0.2, -0.15) is 0 Å². The predicted molar refractivity (Wildman–Crippen MR) is 98.0 cm³/mol. The minimum Gasteiger partial charge on any atom is -0.493 e. The quantitative estimate of drug-likeness (QED) is 0.597. The molecule has 1 aromatic carbocycles. The molecule has 2 aromatic rings. The predicted octanol–water partition coefficient (Wildman–Crippen LogP) is 2.82. The Morgan fingerprint density at radius 3 is 2.19 bits per heavy atom. The summed E-state index contributed by atoms with van der Waals surface area (Å²) in [5.74, 6) is -0.173. The maximum atomic E-state index is 12.2. The Bertz CT molecular complexity index is 829. The van der Waals surface area contributed by atoms with E-state index in [1.807, 2.05) is 13.8 Å². The molecule has 0 aliphatic rings. The fourth-order valence-corrected chi connectivity index (χ4v) is 2.85. The average molecular weight is 376 g/mol. The summed E-state index contributed by atoms with van der Waals surface area (Å²) >= 11 is 1.06. The van der Waals surface area contributed by atoms with Crippen LogP contribution in [-0.4, -0.2) is 30.8 Å². The van der Waals surface area contributed by atoms with Crippen LogP contribution in [-0.2, 0) is 0 Å². The molecular formula is C18H20N2O5S. The largest absolute Gasteiger partial charge is 0.493 e. The first-order valence-electron chi connectivity index (χ1n) is 7.88. The highest BCUT2D eigenvalue weighted by atomic mass is 32.1. The molecule has 0 aliphatic carbocycles. The van der Waals surface area contributed by atoms with Crippen LogP contribution in [0.4, 0.5) is 0 Å². The number of hydrazine groups is 1. The number of amides is 2. The Morgan fingerprint density at radius 1 is 0.962 bits per heavy atom. The highest BCUT2D eigenvalue weighted by Gasteiger charge is 2.15. The Morgan fingerprint density at radius 2 is 1.62 bits per heavy atom. The standard InChI is InChI=1S/C18H20N2O5S/c1-10(2)25-13-6-5-12(9-14(13)24-4)17(22)19-20-18(23)16-8-7-15(26-16)11(3)21/h5-10H,1-4H3,(H,19,22)(H,20,23). The van der Waals surface area contributed by atoms with Crippen molar-refractivity contribution in [3.8, 4) is 11.5 Å². The first-order valence-corrected chi connectivity index (χ1v) is 8.69. The first-order chi connectivity index (χ1) is 12.3. The van der Waals surface area contributed by atoms with Crippen molar-refractivity contribution < 1.29 is 23.9 Å². The summed E-state index contributed by atoms with van der Waals surface area (Å²) in [6, 6.07) is 7.83. The van der Waals surface area contributed by atoms with E-state index in [2.05, 4.69) is 10.9 Å². The number of benzene rings is 1. The fourth-order valence-electron chi connectivity index (χ4n) is 2.06. The molecule has 0 fully saturated rings. The van der Waals surface area contributed by atoms with Crippen molar-refractivity contribution in [1.82, 2.24) is 10.9 Å². The molecular weight excluding hydrogens is 356 g/mol. The minimum atomic E-state index is -0.504. The summed E-state index contributed by atoms with van der Waals surface area (Å²) in [4.78, 5) is 36.3. The zero-order valence-corrected chi connectivity index (χ0v) is 15.7. The molecule has 2 rings (SSSR count). The summed E-state index contributed by atoms with van der Waals surface area (Å²) in [5, 5.41) is 0. The third-order valence-corrected chi connectivity index (χ3v) is 4.44. The monoisotopic (exact) mass is 376 g/mol. The lowest BCUT2D eigenvalue weighted by Gasteiger charge is -2.14. The molecule has 2 amide bonds. The molecule has 0 spiro atoms. The Balaban J connectivity index is 2.02. The van der Waals surface area contributed by atoms with Gasteiger partial charge in [0.05, 0.1) is 23.0 Å². The van der Waals surface area contributed by atoms with Crippen molar-refractivity contribution in [3.05, 3.63) is 45.6 Å². The second kappa shape index (κ2) is 8.48. The number of thiophene rings is 1. The Kier molecular flexibility index (Phi) is 6.35. The Hall–Kier alpha value is -2.87. The molecule has 0 saturated carbocycles. The molecule has 0 radical (unpaired) electrons. The maximum absolute atomic E-state index is 12.2. The van der Waals surface area contributed by atoms with Crippen LogP contribution in [0.25, 0.3) is 0 Å². The number of hydrogen-bond donors (Lipinski definition) is 2. The van der Waals surface area contributed by atoms with Gasteiger partial charge in [0.2, 0.25) is 0 Å². The van der Waals surface area contributed by atoms with Gasteiger partial charge in [0, 0.05) is 5.56 Å². The van der Waals surface area contributed by atoms with E-state index >= 15 is 0 Å². The van der Waals surface area contributed by atoms with Gasteiger partial charge >= 0.3 is 0 Å². The average Bonchev–Trinajstić information content (AvgIpc) is 3.09. The number of nitrogens with one attached hydrogen (secondary N) is 2. The van der Waals surface area contributed by atoms with Gasteiger partial charge in [0.15, 0.2) is 17.3 Å². The third kappa shape index (κ3) is 4.82. The third-order valence-electron chi connectivity index (χ3n) is 3.25. The highest BCUT2D eigenvalue weighted by molar-refractivity contribution is 7.15. The molecule has 138 valence electrons. The van der Waals surface area contributed by atoms with Gasteiger partial charge in [-0.15, -0.1) is 11.3 Å². The molecule has 8 heteroatoms. The van der Waals surface area contributed by atoms with Crippen molar-refractivity contribution in [2.24, 2.45) is 0 Å². The lowest BCUT2D eigenvalue weighted by Crippen LogP contribution is -2.41. The van der Waals surface area contributed by atoms with Crippen molar-refractivity contribution in [2.45, 2.75) is 26.9 Å². The van der Waals surface area contributed by atoms with E-state index in [-0.39, 0.29) is 11.9 Å². The molecule has 0 aliphatic heterocycles. The van der Waals surface area contributed by atoms with E-state index in [1.165, 1.54) is 26.2 Å². The van der Waals surface area contributed by atoms with E-state index in [9.17, 15) is 14.4 Å². The van der Waals surface area contributed by atoms with E-state index in [0.717, 1.165) is 11.3 Å². The summed E-state index contributed by atoms with van der Waals surface area (Å²) in [5.41, 5.74) is 4.96. The number of carbonyl (C=O) groups is 3. The van der Waals surface area contributed by atoms with Gasteiger partial charge in [-0.05, 0) is 51.1 Å². The van der Waals surface area contributed by atoms with Crippen LogP contribution in [0.3, 0.4) is 0 Å². The normalized spacial score (nSPS) is 10.3. The minimum absolute atomic E-state index is 0.0337. The lowest BCUT2D eigenvalue weighted by atomic mass is 10.2. The van der Waals surface area contributed by atoms with E-state index in [0.29, 0.717) is 26.8 Å². The van der Waals surface area contributed by atoms with Crippen LogP contribution in [0, 0.1) is 0 Å². The van der Waals surface area contributed by atoms with Gasteiger partial charge in [0.1, 0.15) is 0 Å². The van der Waals surface area contributed by atoms with Crippen LogP contribution in [0.5, 0.6) is 11.5 Å². The van der Waals surface area contributed by atoms with E-state index < -0.39 is 11.8 Å². The summed E-state index contributed by atoms with van der Waals surface area (Å²) in [6.07, 6.45) is -0.0337. The molecule has 26 heavy (non-hydrogen) atoms. The summed E-state index contributed by atoms with van der Waals surface area (Å²) < 4.78 is 10.8. The topological polar surface area (TPSA) is 93.7 Å². The highest BCUT2D eigenvalue weighted by Crippen LogP contribution is 2.28. The summed E-state index contributed by atoms with van der Waals surface area (Å²) in [6.45, 7) is 5.20. The molecule has 0 bridgehead atoms. The van der Waals surface area contributed by atoms with Gasteiger partial charge in [-0.3, -0.25) is 25.2 Å². The number of rotatable bonds is 6. The van der Waals surface area contributed by atoms with Gasteiger partial charge in [-0.25, -0.2) is 0 Å². The maximum Gasteiger partial charge on any atom is 0.279 e. The zero-order chi connectivity index (χ0) is 19.3. The van der Waals surface area contributed by atoms with Crippen molar-refractivity contribution in [3.63, 3.8) is 0 Å². The SMILES string of the molecule is COc1cc(C(=O)NNC(=O)c2ccc(C(C)=O)s2)ccc1OC(C)C. The van der Waals surface area contributed by atoms with Crippen molar-refractivity contribution in [2.75, 3.05) is 7.11 Å². The molecule has 0 unspecified atom stereocenters. The van der Waals surface area contributed by atoms with Crippen LogP contribution in [0.1, 0.15) is 50.5 Å². The number of hydrogen-bond acceptors (Lipinski definition) is 6. The molecule has 0 atom stereocenters. The van der Waals surface area contributed by atoms with Crippen molar-refractivity contribution >= 4 is 28.9 Å². The van der Waals surface area contributed by atoms with Crippen LogP contribution in [0.2, 0.25) is 0 Å². The number of ether oxygens (including phenoxy) is 2. The van der Waals surface area contributed by atoms with E-state index in [1.54, 1.807) is 18.2 Å². The lowest BCUT2D eigenvalue weighted by molar-refractivity contribution is 0.0848. The molecule has 1 heterocycles. The van der Waals surface area contributed by atoms with Crippen molar-refractivity contribution in [1.29, 1.82) is 0 Å². The van der Waals surface area contributed by atoms with Crippen LogP contribution >= 0.6 is 11.3 Å². The number of ketones is 1. The molecule has 1 aromatic heterocycles. The van der Waals surface area contributed by atoms with Gasteiger partial charge in [-0.1, -0.05) is 0 Å². The zero-order valence-electron chi connectivity index (χ0n) is 14.9. The first kappa shape index (κ1) is 19.5. The second-order valence-electron chi connectivity index (χ2n) is 5.66. The molecule has 2 N–H and O–H groups in total. The molecule has 0 saturated heterocycles. The second-order valence-corrected chi connectivity index (χ2v) is 6.74. The van der Waals surface area contributed by atoms with E-state index in [4.69, 9.17) is 9.47 Å². The van der Waals surface area contributed by atoms with Gasteiger partial charge < -0.3 is 9.47 Å². The van der Waals surface area contributed by atoms with Crippen LogP contribution in [0.15, 0.2) is 30.3 Å². The number of Topliss-reactive ketones (excluding diaryl/α,β-unsaturated/α-hetero) is 1. The Labute approximate surface area is 155 Å². The van der Waals surface area contributed by atoms with Gasteiger partial charge in [0.25, 0.3) is 11.8 Å². The smallest absolute Gasteiger partial charge is 0.279 e. The number of carbonyl (C=O) groups excluding carboxylic acids is 3. The number of methoxy groups -OCH3 is 1. The fraction of sp³-hybridized carbons (Fsp3) is 0.278.